The molecule has 0 spiro atoms. The van der Waals surface area contributed by atoms with Crippen LogP contribution in [0.1, 0.15) is 19.9 Å². The minimum absolute atomic E-state index is 0.0178. The van der Waals surface area contributed by atoms with E-state index < -0.39 is 24.7 Å². The normalized spacial score (nSPS) is 13.5. The number of carbonyl (C=O) groups is 1. The van der Waals surface area contributed by atoms with Gasteiger partial charge in [-0.15, -0.1) is 0 Å². The van der Waals surface area contributed by atoms with Crippen molar-refractivity contribution in [3.63, 3.8) is 0 Å². The van der Waals surface area contributed by atoms with E-state index in [1.807, 2.05) is 0 Å². The van der Waals surface area contributed by atoms with Gasteiger partial charge in [-0.25, -0.2) is 0 Å². The topological polar surface area (TPSA) is 38.1 Å². The van der Waals surface area contributed by atoms with Crippen molar-refractivity contribution in [1.82, 2.24) is 14.7 Å². The number of alkyl halides is 3. The predicted molar refractivity (Wildman–Crippen MR) is 55.2 cm³/mol. The van der Waals surface area contributed by atoms with E-state index >= 15 is 0 Å². The second kappa shape index (κ2) is 5.20. The molecule has 0 N–H and O–H groups in total. The van der Waals surface area contributed by atoms with E-state index in [2.05, 4.69) is 5.10 Å². The molecule has 17 heavy (non-hydrogen) atoms. The Morgan fingerprint density at radius 2 is 2.18 bits per heavy atom. The third-order valence-corrected chi connectivity index (χ3v) is 2.34. The Balaban J connectivity index is 2.73. The van der Waals surface area contributed by atoms with Gasteiger partial charge in [-0.2, -0.15) is 18.3 Å². The molecule has 0 fully saturated rings. The number of likely N-dealkylation sites (N-methyl/N-ethyl adjacent to an activating group) is 1. The van der Waals surface area contributed by atoms with Gasteiger partial charge in [-0.05, 0) is 19.9 Å². The van der Waals surface area contributed by atoms with Gasteiger partial charge >= 0.3 is 6.18 Å². The molecule has 1 amide bonds. The fourth-order valence-corrected chi connectivity index (χ4v) is 1.45. The Morgan fingerprint density at radius 1 is 1.53 bits per heavy atom. The first-order valence-corrected chi connectivity index (χ1v) is 5.20. The molecule has 0 aliphatic rings. The van der Waals surface area contributed by atoms with E-state index in [4.69, 9.17) is 0 Å². The van der Waals surface area contributed by atoms with E-state index in [-0.39, 0.29) is 6.54 Å². The standard InChI is InChI=1S/C10H14F3N3O/c1-3-15(7-10(11,12)13)9(17)8(2)16-6-4-5-14-16/h4-6,8H,3,7H2,1-2H3/t8-/m1/s1. The lowest BCUT2D eigenvalue weighted by molar-refractivity contribution is -0.162. The maximum absolute atomic E-state index is 12.2. The number of nitrogens with zero attached hydrogens (tertiary/aromatic N) is 3. The maximum atomic E-state index is 12.2. The Hall–Kier alpha value is -1.53. The largest absolute Gasteiger partial charge is 0.406 e. The highest BCUT2D eigenvalue weighted by atomic mass is 19.4. The summed E-state index contributed by atoms with van der Waals surface area (Å²) in [4.78, 5) is 12.6. The molecule has 0 aromatic carbocycles. The number of rotatable bonds is 4. The first-order valence-electron chi connectivity index (χ1n) is 5.20. The molecule has 0 bridgehead atoms. The van der Waals surface area contributed by atoms with Crippen molar-refractivity contribution < 1.29 is 18.0 Å². The third kappa shape index (κ3) is 3.76. The summed E-state index contributed by atoms with van der Waals surface area (Å²) in [7, 11) is 0. The molecule has 1 atom stereocenters. The van der Waals surface area contributed by atoms with Crippen molar-refractivity contribution >= 4 is 5.91 Å². The van der Waals surface area contributed by atoms with Crippen LogP contribution in [0.25, 0.3) is 0 Å². The second-order valence-electron chi connectivity index (χ2n) is 3.63. The Labute approximate surface area is 97.0 Å². The molecule has 0 saturated heterocycles. The van der Waals surface area contributed by atoms with Crippen molar-refractivity contribution in [1.29, 1.82) is 0 Å². The van der Waals surface area contributed by atoms with Crippen LogP contribution < -0.4 is 0 Å². The van der Waals surface area contributed by atoms with Crippen LogP contribution in [-0.4, -0.2) is 39.9 Å². The van der Waals surface area contributed by atoms with Crippen LogP contribution in [0.15, 0.2) is 18.5 Å². The molecular weight excluding hydrogens is 235 g/mol. The molecule has 1 rings (SSSR count). The van der Waals surface area contributed by atoms with Gasteiger partial charge in [-0.1, -0.05) is 0 Å². The highest BCUT2D eigenvalue weighted by molar-refractivity contribution is 5.80. The van der Waals surface area contributed by atoms with Crippen molar-refractivity contribution in [2.24, 2.45) is 0 Å². The summed E-state index contributed by atoms with van der Waals surface area (Å²) in [5, 5.41) is 3.84. The summed E-state index contributed by atoms with van der Waals surface area (Å²) in [6.45, 7) is 1.83. The van der Waals surface area contributed by atoms with Gasteiger partial charge < -0.3 is 4.90 Å². The zero-order valence-electron chi connectivity index (χ0n) is 9.61. The Kier molecular flexibility index (Phi) is 4.14. The summed E-state index contributed by atoms with van der Waals surface area (Å²) in [5.41, 5.74) is 0. The summed E-state index contributed by atoms with van der Waals surface area (Å²) in [6.07, 6.45) is -1.36. The van der Waals surface area contributed by atoms with Gasteiger partial charge in [-0.3, -0.25) is 9.48 Å². The lowest BCUT2D eigenvalue weighted by atomic mass is 10.3. The average molecular weight is 249 g/mol. The molecule has 4 nitrogen and oxygen atoms in total. The average Bonchev–Trinajstić information content (AvgIpc) is 2.75. The fourth-order valence-electron chi connectivity index (χ4n) is 1.45. The van der Waals surface area contributed by atoms with Crippen LogP contribution >= 0.6 is 0 Å². The van der Waals surface area contributed by atoms with E-state index in [1.165, 1.54) is 24.7 Å². The second-order valence-corrected chi connectivity index (χ2v) is 3.63. The number of hydrogen-bond acceptors (Lipinski definition) is 2. The van der Waals surface area contributed by atoms with Crippen molar-refractivity contribution in [3.8, 4) is 0 Å². The molecule has 1 heterocycles. The van der Waals surface area contributed by atoms with Crippen molar-refractivity contribution in [3.05, 3.63) is 18.5 Å². The fraction of sp³-hybridized carbons (Fsp3) is 0.600. The molecule has 1 aromatic rings. The maximum Gasteiger partial charge on any atom is 0.406 e. The van der Waals surface area contributed by atoms with Gasteiger partial charge in [0.05, 0.1) is 0 Å². The van der Waals surface area contributed by atoms with Crippen molar-refractivity contribution in [2.75, 3.05) is 13.1 Å². The van der Waals surface area contributed by atoms with Gasteiger partial charge in [0.2, 0.25) is 5.91 Å². The highest BCUT2D eigenvalue weighted by Gasteiger charge is 2.34. The monoisotopic (exact) mass is 249 g/mol. The Morgan fingerprint density at radius 3 is 2.59 bits per heavy atom. The number of hydrogen-bond donors (Lipinski definition) is 0. The lowest BCUT2D eigenvalue weighted by Gasteiger charge is -2.25. The molecular formula is C10H14F3N3O. The molecule has 96 valence electrons. The van der Waals surface area contributed by atoms with Gasteiger partial charge in [0.1, 0.15) is 12.6 Å². The molecule has 7 heteroatoms. The Bertz CT molecular complexity index is 361. The predicted octanol–water partition coefficient (Wildman–Crippen LogP) is 1.85. The van der Waals surface area contributed by atoms with Crippen LogP contribution in [0.5, 0.6) is 0 Å². The van der Waals surface area contributed by atoms with Crippen molar-refractivity contribution in [2.45, 2.75) is 26.1 Å². The molecule has 0 unspecified atom stereocenters. The van der Waals surface area contributed by atoms with E-state index in [1.54, 1.807) is 12.3 Å². The smallest absolute Gasteiger partial charge is 0.332 e. The number of carbonyl (C=O) groups excluding carboxylic acids is 1. The molecule has 0 aliphatic carbocycles. The SMILES string of the molecule is CCN(CC(F)(F)F)C(=O)[C@@H](C)n1cccn1. The van der Waals surface area contributed by atoms with Gasteiger partial charge in [0, 0.05) is 18.9 Å². The zero-order valence-corrected chi connectivity index (χ0v) is 9.61. The summed E-state index contributed by atoms with van der Waals surface area (Å²) >= 11 is 0. The number of halogens is 3. The molecule has 0 radical (unpaired) electrons. The molecule has 0 aliphatic heterocycles. The van der Waals surface area contributed by atoms with Crippen LogP contribution in [-0.2, 0) is 4.79 Å². The van der Waals surface area contributed by atoms with Crippen LogP contribution in [0.4, 0.5) is 13.2 Å². The molecule has 1 aromatic heterocycles. The van der Waals surface area contributed by atoms with Crippen LogP contribution in [0, 0.1) is 0 Å². The van der Waals surface area contributed by atoms with E-state index in [0.717, 1.165) is 4.90 Å². The highest BCUT2D eigenvalue weighted by Crippen LogP contribution is 2.18. The lowest BCUT2D eigenvalue weighted by Crippen LogP contribution is -2.42. The molecule has 0 saturated carbocycles. The first kappa shape index (κ1) is 13.5. The quantitative estimate of drug-likeness (QED) is 0.816. The van der Waals surface area contributed by atoms with Crippen LogP contribution in [0.2, 0.25) is 0 Å². The summed E-state index contributed by atoms with van der Waals surface area (Å²) < 4.78 is 38.1. The summed E-state index contributed by atoms with van der Waals surface area (Å²) in [5.74, 6) is -0.589. The van der Waals surface area contributed by atoms with Gasteiger partial charge in [0.15, 0.2) is 0 Å². The third-order valence-electron chi connectivity index (χ3n) is 2.34. The summed E-state index contributed by atoms with van der Waals surface area (Å²) in [6, 6.07) is 0.886. The first-order chi connectivity index (χ1) is 7.85. The zero-order chi connectivity index (χ0) is 13.1. The van der Waals surface area contributed by atoms with E-state index in [9.17, 15) is 18.0 Å². The van der Waals surface area contributed by atoms with Crippen LogP contribution in [0.3, 0.4) is 0 Å². The number of amides is 1. The minimum Gasteiger partial charge on any atom is -0.332 e. The van der Waals surface area contributed by atoms with Gasteiger partial charge in [0.25, 0.3) is 0 Å². The van der Waals surface area contributed by atoms with E-state index in [0.29, 0.717) is 0 Å². The minimum atomic E-state index is -4.38. The number of aromatic nitrogens is 2.